The Balaban J connectivity index is 1.12. The number of aromatic nitrogens is 1. The van der Waals surface area contributed by atoms with Crippen LogP contribution in [-0.2, 0) is 5.41 Å². The lowest BCUT2D eigenvalue weighted by atomic mass is 9.64. The van der Waals surface area contributed by atoms with E-state index < -0.39 is 0 Å². The van der Waals surface area contributed by atoms with Crippen molar-refractivity contribution >= 4 is 154 Å². The quantitative estimate of drug-likeness (QED) is 0.239. The normalized spacial score (nSPS) is 12.9. The van der Waals surface area contributed by atoms with Crippen molar-refractivity contribution in [2.75, 3.05) is 4.90 Å². The topological polar surface area (TPSA) is 21.3 Å². The van der Waals surface area contributed by atoms with E-state index in [1.807, 2.05) is 0 Å². The summed E-state index contributed by atoms with van der Waals surface area (Å²) in [5, 5.41) is 4.90. The zero-order valence-corrected chi connectivity index (χ0v) is 39.9. The molecule has 0 radical (unpaired) electrons. The molecule has 0 fully saturated rings. The summed E-state index contributed by atoms with van der Waals surface area (Å²) in [6, 6.07) is 59.9. The summed E-state index contributed by atoms with van der Waals surface area (Å²) < 4.78 is 9.40. The number of hydrogen-bond donors (Lipinski definition) is 0. The lowest BCUT2D eigenvalue weighted by Crippen LogP contribution is -2.48. The third kappa shape index (κ3) is 5.94. The second-order valence-electron chi connectivity index (χ2n) is 19.5. The van der Waals surface area contributed by atoms with Crippen molar-refractivity contribution < 1.29 is 4.42 Å². The lowest BCUT2D eigenvalue weighted by Gasteiger charge is -2.32. The number of rotatable bonds is 6. The van der Waals surface area contributed by atoms with Crippen LogP contribution in [0.5, 0.6) is 0 Å². The molecular weight excluding hydrogens is 804 g/mol. The highest BCUT2D eigenvalue weighted by atomic mass is 16.3. The van der Waals surface area contributed by atoms with Crippen molar-refractivity contribution in [3.05, 3.63) is 175 Å². The maximum absolute atomic E-state index is 6.85. The highest BCUT2D eigenvalue weighted by Crippen LogP contribution is 2.55. The Kier molecular flexibility index (Phi) is 9.36. The van der Waals surface area contributed by atoms with Gasteiger partial charge >= 0.3 is 0 Å². The minimum Gasteiger partial charge on any atom is -0.456 e. The smallest absolute Gasteiger partial charge is 0.141 e. The van der Waals surface area contributed by atoms with E-state index in [9.17, 15) is 0 Å². The van der Waals surface area contributed by atoms with E-state index in [0.29, 0.717) is 0 Å². The minimum absolute atomic E-state index is 0.229. The van der Waals surface area contributed by atoms with Crippen molar-refractivity contribution in [1.82, 2.24) is 4.57 Å². The highest BCUT2D eigenvalue weighted by Gasteiger charge is 2.39. The molecule has 0 saturated heterocycles. The molecular formula is C57H47B7N2O. The summed E-state index contributed by atoms with van der Waals surface area (Å²) in [7, 11) is 16.2. The van der Waals surface area contributed by atoms with Gasteiger partial charge in [-0.05, 0) is 104 Å². The molecule has 0 atom stereocenters. The first-order valence-corrected chi connectivity index (χ1v) is 23.7. The molecule has 3 nitrogen and oxygen atoms in total. The Labute approximate surface area is 399 Å². The Morgan fingerprint density at radius 1 is 0.448 bits per heavy atom. The number of fused-ring (bicyclic) bond motifs is 9. The zero-order chi connectivity index (χ0) is 46.0. The van der Waals surface area contributed by atoms with E-state index in [2.05, 4.69) is 242 Å². The van der Waals surface area contributed by atoms with Crippen LogP contribution >= 0.6 is 0 Å². The SMILES string of the molecule is Bc1c(B)c(B)c2c(c1B)c1c(B)c(-c3ccc4oc5cccc(N(c6ccc(-c7ccccc7)cc6)c6cccc7c6C(C)(C)c6ccccc6-7)c5c4c3)c(B)c(B)c1n2-c1ccccc1. The van der Waals surface area contributed by atoms with E-state index in [1.165, 1.54) is 116 Å². The fraction of sp³-hybridized carbons (Fsp3) is 0.0526. The van der Waals surface area contributed by atoms with Crippen molar-refractivity contribution in [2.24, 2.45) is 0 Å². The second-order valence-corrected chi connectivity index (χ2v) is 19.5. The van der Waals surface area contributed by atoms with Gasteiger partial charge in [0.25, 0.3) is 0 Å². The van der Waals surface area contributed by atoms with Crippen LogP contribution < -0.4 is 43.1 Å². The molecule has 0 unspecified atom stereocenters. The Bertz CT molecular complexity index is 3860. The van der Waals surface area contributed by atoms with Crippen LogP contribution in [0.25, 0.3) is 82.8 Å². The maximum atomic E-state index is 6.85. The second kappa shape index (κ2) is 15.2. The molecule has 2 heterocycles. The Morgan fingerprint density at radius 3 is 1.78 bits per heavy atom. The molecule has 12 rings (SSSR count). The van der Waals surface area contributed by atoms with Crippen molar-refractivity contribution in [2.45, 2.75) is 19.3 Å². The Hall–Kier alpha value is -7.17. The molecule has 1 aliphatic rings. The van der Waals surface area contributed by atoms with Gasteiger partial charge in [-0.1, -0.05) is 156 Å². The van der Waals surface area contributed by atoms with Crippen LogP contribution in [0.1, 0.15) is 25.0 Å². The average Bonchev–Trinajstić information content (AvgIpc) is 4.00. The Morgan fingerprint density at radius 2 is 1.03 bits per heavy atom. The predicted molar refractivity (Wildman–Crippen MR) is 308 cm³/mol. The number of furan rings is 1. The molecule has 9 aromatic carbocycles. The van der Waals surface area contributed by atoms with Gasteiger partial charge in [0.05, 0.1) is 16.8 Å². The fourth-order valence-electron chi connectivity index (χ4n) is 12.0. The molecule has 0 amide bonds. The zero-order valence-electron chi connectivity index (χ0n) is 39.9. The van der Waals surface area contributed by atoms with Gasteiger partial charge in [0.1, 0.15) is 66.1 Å². The first kappa shape index (κ1) is 41.3. The van der Waals surface area contributed by atoms with Gasteiger partial charge in [-0.3, -0.25) is 0 Å². The van der Waals surface area contributed by atoms with E-state index in [4.69, 9.17) is 4.42 Å². The maximum Gasteiger partial charge on any atom is 0.141 e. The summed E-state index contributed by atoms with van der Waals surface area (Å²) in [4.78, 5) is 2.49. The number of hydrogen-bond acceptors (Lipinski definition) is 2. The fourth-order valence-corrected chi connectivity index (χ4v) is 12.0. The van der Waals surface area contributed by atoms with Gasteiger partial charge in [-0.15, -0.1) is 5.46 Å². The first-order valence-electron chi connectivity index (χ1n) is 23.7. The molecule has 312 valence electrons. The van der Waals surface area contributed by atoms with Gasteiger partial charge in [0, 0.05) is 38.6 Å². The van der Waals surface area contributed by atoms with Crippen LogP contribution in [0.3, 0.4) is 0 Å². The molecule has 0 spiro atoms. The molecule has 10 heteroatoms. The number of nitrogens with zero attached hydrogens (tertiary/aromatic N) is 2. The summed E-state index contributed by atoms with van der Waals surface area (Å²) in [6.07, 6.45) is 0. The van der Waals surface area contributed by atoms with Crippen LogP contribution in [0.2, 0.25) is 0 Å². The van der Waals surface area contributed by atoms with E-state index >= 15 is 0 Å². The summed E-state index contributed by atoms with van der Waals surface area (Å²) in [6.45, 7) is 4.76. The standard InChI is InChI=1S/C57H47B7N2O/c1-57(2)38-19-10-9-17-35(38)36-18-11-21-40(47(36)57)65(34-26-23-31(24-27-34)30-13-5-3-6-14-30)39-20-12-22-42-44(39)37-29-32(25-28-41(37)67-42)43-48(58)45-46-50(60)51(61)52(62)54(64)56(46)66(33-15-7-4-8-16-33)55(45)53(63)49(43)59/h3-29H,58-64H2,1-2H3. The van der Waals surface area contributed by atoms with Crippen LogP contribution in [0.15, 0.2) is 168 Å². The molecule has 11 aromatic rings. The third-order valence-electron chi connectivity index (χ3n) is 15.7. The average molecular weight is 852 g/mol. The molecule has 0 bridgehead atoms. The monoisotopic (exact) mass is 852 g/mol. The van der Waals surface area contributed by atoms with E-state index in [1.54, 1.807) is 0 Å². The third-order valence-corrected chi connectivity index (χ3v) is 15.7. The van der Waals surface area contributed by atoms with Crippen LogP contribution in [-0.4, -0.2) is 59.5 Å². The molecule has 67 heavy (non-hydrogen) atoms. The summed E-state index contributed by atoms with van der Waals surface area (Å²) in [5.41, 5.74) is 28.1. The van der Waals surface area contributed by atoms with Gasteiger partial charge in [0.2, 0.25) is 0 Å². The molecule has 2 aromatic heterocycles. The lowest BCUT2D eigenvalue weighted by molar-refractivity contribution is 0.661. The summed E-state index contributed by atoms with van der Waals surface area (Å²) >= 11 is 0. The highest BCUT2D eigenvalue weighted by molar-refractivity contribution is 6.69. The van der Waals surface area contributed by atoms with Gasteiger partial charge in [0.15, 0.2) is 0 Å². The van der Waals surface area contributed by atoms with Crippen molar-refractivity contribution in [3.63, 3.8) is 0 Å². The predicted octanol–water partition coefficient (Wildman–Crippen LogP) is 3.60. The largest absolute Gasteiger partial charge is 0.456 e. The minimum atomic E-state index is -0.229. The molecule has 0 saturated carbocycles. The van der Waals surface area contributed by atoms with Crippen molar-refractivity contribution in [1.29, 1.82) is 0 Å². The van der Waals surface area contributed by atoms with Gasteiger partial charge in [-0.2, -0.15) is 0 Å². The van der Waals surface area contributed by atoms with E-state index in [0.717, 1.165) is 33.3 Å². The number of para-hydroxylation sites is 1. The number of anilines is 3. The molecule has 0 N–H and O–H groups in total. The van der Waals surface area contributed by atoms with Gasteiger partial charge in [-0.25, -0.2) is 0 Å². The molecule has 1 aliphatic carbocycles. The van der Waals surface area contributed by atoms with Crippen LogP contribution in [0, 0.1) is 0 Å². The van der Waals surface area contributed by atoms with Gasteiger partial charge < -0.3 is 13.9 Å². The summed E-state index contributed by atoms with van der Waals surface area (Å²) in [5.74, 6) is 0. The first-order chi connectivity index (χ1) is 32.5. The van der Waals surface area contributed by atoms with E-state index in [-0.39, 0.29) is 5.41 Å². The van der Waals surface area contributed by atoms with Crippen molar-refractivity contribution in [3.8, 4) is 39.1 Å². The number of benzene rings is 9. The van der Waals surface area contributed by atoms with Crippen LogP contribution in [0.4, 0.5) is 17.1 Å². The molecule has 0 aliphatic heterocycles.